The molecule has 0 heterocycles. The summed E-state index contributed by atoms with van der Waals surface area (Å²) in [6, 6.07) is 3.45. The summed E-state index contributed by atoms with van der Waals surface area (Å²) in [6.45, 7) is 5.10. The fraction of sp³-hybridized carbons (Fsp3) is 0.467. The van der Waals surface area contributed by atoms with Crippen LogP contribution >= 0.6 is 0 Å². The Hall–Kier alpha value is -2.15. The predicted molar refractivity (Wildman–Crippen MR) is 77.8 cm³/mol. The normalized spacial score (nSPS) is 12.5. The second kappa shape index (κ2) is 7.22. The maximum absolute atomic E-state index is 13.4. The first-order valence-corrected chi connectivity index (χ1v) is 6.66. The molecule has 1 amide bonds. The third-order valence-corrected chi connectivity index (χ3v) is 2.60. The molecule has 1 atom stereocenters. The molecule has 0 bridgehead atoms. The van der Waals surface area contributed by atoms with Gasteiger partial charge in [0.1, 0.15) is 11.4 Å². The van der Waals surface area contributed by atoms with Gasteiger partial charge in [0.05, 0.1) is 25.3 Å². The number of aliphatic hydroxyl groups excluding tert-OH is 1. The van der Waals surface area contributed by atoms with Gasteiger partial charge < -0.3 is 14.6 Å². The number of amides is 1. The van der Waals surface area contributed by atoms with E-state index in [1.165, 1.54) is 13.2 Å². The molecule has 0 saturated heterocycles. The lowest BCUT2D eigenvalue weighted by Crippen LogP contribution is -2.27. The van der Waals surface area contributed by atoms with Crippen LogP contribution in [-0.2, 0) is 14.3 Å². The topological polar surface area (TPSA) is 84.9 Å². The maximum atomic E-state index is 13.4. The molecule has 1 aromatic rings. The van der Waals surface area contributed by atoms with Crippen LogP contribution in [0.15, 0.2) is 18.2 Å². The molecule has 0 fully saturated rings. The summed E-state index contributed by atoms with van der Waals surface area (Å²) in [7, 11) is 1.18. The number of halogens is 1. The van der Waals surface area contributed by atoms with Gasteiger partial charge in [-0.3, -0.25) is 10.1 Å². The third kappa shape index (κ3) is 5.69. The highest BCUT2D eigenvalue weighted by Gasteiger charge is 2.21. The Labute approximate surface area is 128 Å². The number of carbonyl (C=O) groups is 2. The second-order valence-corrected chi connectivity index (χ2v) is 5.65. The van der Waals surface area contributed by atoms with Gasteiger partial charge in [0.2, 0.25) is 0 Å². The number of methoxy groups -OCH3 is 1. The Balaban J connectivity index is 2.95. The van der Waals surface area contributed by atoms with Gasteiger partial charge in [-0.1, -0.05) is 0 Å². The number of hydrogen-bond acceptors (Lipinski definition) is 5. The van der Waals surface area contributed by atoms with Crippen molar-refractivity contribution in [3.05, 3.63) is 29.6 Å². The fourth-order valence-corrected chi connectivity index (χ4v) is 1.69. The molecule has 0 aliphatic heterocycles. The average Bonchev–Trinajstić information content (AvgIpc) is 2.38. The van der Waals surface area contributed by atoms with E-state index in [1.807, 2.05) is 0 Å². The van der Waals surface area contributed by atoms with Crippen LogP contribution in [0.25, 0.3) is 0 Å². The number of benzene rings is 1. The molecule has 2 N–H and O–H groups in total. The smallest absolute Gasteiger partial charge is 0.412 e. The molecule has 0 aliphatic rings. The van der Waals surface area contributed by atoms with Gasteiger partial charge in [-0.15, -0.1) is 0 Å². The van der Waals surface area contributed by atoms with Crippen molar-refractivity contribution in [3.63, 3.8) is 0 Å². The molecule has 0 saturated carbocycles. The Morgan fingerprint density at radius 3 is 2.55 bits per heavy atom. The van der Waals surface area contributed by atoms with Gasteiger partial charge in [0.15, 0.2) is 0 Å². The minimum absolute atomic E-state index is 0.0660. The molecule has 122 valence electrons. The minimum atomic E-state index is -1.31. The van der Waals surface area contributed by atoms with E-state index in [-0.39, 0.29) is 17.7 Å². The number of nitrogens with one attached hydrogen (secondary N) is 1. The van der Waals surface area contributed by atoms with Crippen LogP contribution in [0, 0.1) is 5.82 Å². The summed E-state index contributed by atoms with van der Waals surface area (Å²) >= 11 is 0. The highest BCUT2D eigenvalue weighted by atomic mass is 19.1. The van der Waals surface area contributed by atoms with Crippen LogP contribution < -0.4 is 5.32 Å². The maximum Gasteiger partial charge on any atom is 0.412 e. The zero-order valence-electron chi connectivity index (χ0n) is 13.0. The fourth-order valence-electron chi connectivity index (χ4n) is 1.69. The van der Waals surface area contributed by atoms with Gasteiger partial charge in [-0.2, -0.15) is 0 Å². The van der Waals surface area contributed by atoms with E-state index in [9.17, 15) is 19.1 Å². The summed E-state index contributed by atoms with van der Waals surface area (Å²) in [6.07, 6.45) is -2.41. The van der Waals surface area contributed by atoms with Crippen LogP contribution in [0.3, 0.4) is 0 Å². The first-order chi connectivity index (χ1) is 10.1. The van der Waals surface area contributed by atoms with E-state index >= 15 is 0 Å². The van der Waals surface area contributed by atoms with E-state index in [1.54, 1.807) is 20.8 Å². The number of ether oxygens (including phenoxy) is 2. The molecule has 0 unspecified atom stereocenters. The number of rotatable bonds is 4. The molecule has 22 heavy (non-hydrogen) atoms. The summed E-state index contributed by atoms with van der Waals surface area (Å²) in [5.74, 6) is -1.26. The molecule has 1 rings (SSSR count). The van der Waals surface area contributed by atoms with Crippen molar-refractivity contribution in [2.24, 2.45) is 0 Å². The number of anilines is 1. The van der Waals surface area contributed by atoms with E-state index in [2.05, 4.69) is 10.1 Å². The van der Waals surface area contributed by atoms with Gasteiger partial charge in [-0.05, 0) is 39.0 Å². The van der Waals surface area contributed by atoms with Gasteiger partial charge in [0.25, 0.3) is 0 Å². The molecule has 1 aromatic carbocycles. The highest BCUT2D eigenvalue weighted by molar-refractivity contribution is 5.86. The molecular weight excluding hydrogens is 293 g/mol. The van der Waals surface area contributed by atoms with Gasteiger partial charge in [0, 0.05) is 5.56 Å². The minimum Gasteiger partial charge on any atom is -0.469 e. The van der Waals surface area contributed by atoms with Crippen molar-refractivity contribution >= 4 is 17.7 Å². The van der Waals surface area contributed by atoms with Gasteiger partial charge >= 0.3 is 12.1 Å². The number of carbonyl (C=O) groups excluding carboxylic acids is 2. The third-order valence-electron chi connectivity index (χ3n) is 2.60. The zero-order valence-corrected chi connectivity index (χ0v) is 13.0. The monoisotopic (exact) mass is 313 g/mol. The van der Waals surface area contributed by atoms with Crippen molar-refractivity contribution < 1.29 is 28.6 Å². The predicted octanol–water partition coefficient (Wildman–Crippen LogP) is 2.77. The number of hydrogen-bond donors (Lipinski definition) is 2. The van der Waals surface area contributed by atoms with Crippen molar-refractivity contribution in [2.75, 3.05) is 12.4 Å². The SMILES string of the molecule is COC(=O)C[C@@H](O)c1cc(F)ccc1NC(=O)OC(C)(C)C. The number of esters is 1. The quantitative estimate of drug-likeness (QED) is 0.835. The van der Waals surface area contributed by atoms with Crippen LogP contribution in [-0.4, -0.2) is 29.9 Å². The Kier molecular flexibility index (Phi) is 5.87. The molecule has 0 aliphatic carbocycles. The molecule has 7 heteroatoms. The molecule has 0 aromatic heterocycles. The molecule has 0 spiro atoms. The molecule has 6 nitrogen and oxygen atoms in total. The molecular formula is C15H20FNO5. The highest BCUT2D eigenvalue weighted by Crippen LogP contribution is 2.27. The summed E-state index contributed by atoms with van der Waals surface area (Å²) < 4.78 is 22.9. The first-order valence-electron chi connectivity index (χ1n) is 6.66. The van der Waals surface area contributed by atoms with Crippen molar-refractivity contribution in [2.45, 2.75) is 38.9 Å². The standard InChI is InChI=1S/C15H20FNO5/c1-15(2,3)22-14(20)17-11-6-5-9(16)7-10(11)12(18)8-13(19)21-4/h5-7,12,18H,8H2,1-4H3,(H,17,20)/t12-/m1/s1. The second-order valence-electron chi connectivity index (χ2n) is 5.65. The zero-order chi connectivity index (χ0) is 16.9. The Morgan fingerprint density at radius 1 is 1.36 bits per heavy atom. The van der Waals surface area contributed by atoms with Gasteiger partial charge in [-0.25, -0.2) is 9.18 Å². The number of aliphatic hydroxyl groups is 1. The lowest BCUT2D eigenvalue weighted by Gasteiger charge is -2.21. The van der Waals surface area contributed by atoms with Crippen molar-refractivity contribution in [1.29, 1.82) is 0 Å². The summed E-state index contributed by atoms with van der Waals surface area (Å²) in [5.41, 5.74) is -0.474. The van der Waals surface area contributed by atoms with E-state index in [0.29, 0.717) is 0 Å². The first kappa shape index (κ1) is 17.9. The van der Waals surface area contributed by atoms with Crippen LogP contribution in [0.2, 0.25) is 0 Å². The Bertz CT molecular complexity index is 553. The van der Waals surface area contributed by atoms with Crippen molar-refractivity contribution in [3.8, 4) is 0 Å². The van der Waals surface area contributed by atoms with Crippen LogP contribution in [0.5, 0.6) is 0 Å². The van der Waals surface area contributed by atoms with Crippen molar-refractivity contribution in [1.82, 2.24) is 0 Å². The van der Waals surface area contributed by atoms with Crippen LogP contribution in [0.1, 0.15) is 38.9 Å². The summed E-state index contributed by atoms with van der Waals surface area (Å²) in [4.78, 5) is 23.0. The van der Waals surface area contributed by atoms with E-state index in [0.717, 1.165) is 12.1 Å². The molecule has 0 radical (unpaired) electrons. The lowest BCUT2D eigenvalue weighted by atomic mass is 10.0. The van der Waals surface area contributed by atoms with E-state index < -0.39 is 29.6 Å². The summed E-state index contributed by atoms with van der Waals surface area (Å²) in [5, 5.41) is 12.4. The average molecular weight is 313 g/mol. The van der Waals surface area contributed by atoms with Crippen LogP contribution in [0.4, 0.5) is 14.9 Å². The van der Waals surface area contributed by atoms with E-state index in [4.69, 9.17) is 4.74 Å². The largest absolute Gasteiger partial charge is 0.469 e. The lowest BCUT2D eigenvalue weighted by molar-refractivity contribution is -0.142. The Morgan fingerprint density at radius 2 is 2.00 bits per heavy atom.